The molecule has 2 N–H and O–H groups in total. The van der Waals surface area contributed by atoms with Gasteiger partial charge in [-0.1, -0.05) is 18.2 Å². The summed E-state index contributed by atoms with van der Waals surface area (Å²) in [6.45, 7) is 1.86. The van der Waals surface area contributed by atoms with Crippen LogP contribution in [-0.4, -0.2) is 51.7 Å². The monoisotopic (exact) mass is 555 g/mol. The molecular formula is C27H26INO4. The molecule has 6 heteroatoms. The summed E-state index contributed by atoms with van der Waals surface area (Å²) in [6, 6.07) is 11.6. The average Bonchev–Trinajstić information content (AvgIpc) is 3.53. The number of halogens is 1. The van der Waals surface area contributed by atoms with Gasteiger partial charge in [-0.3, -0.25) is 9.69 Å². The molecule has 1 spiro atoms. The van der Waals surface area contributed by atoms with Crippen LogP contribution in [-0.2, 0) is 16.6 Å². The van der Waals surface area contributed by atoms with Crippen molar-refractivity contribution in [1.29, 1.82) is 0 Å². The number of benzene rings is 2. The van der Waals surface area contributed by atoms with Crippen molar-refractivity contribution >= 4 is 34.5 Å². The molecule has 3 aliphatic carbocycles. The van der Waals surface area contributed by atoms with E-state index in [0.717, 1.165) is 39.3 Å². The lowest BCUT2D eigenvalue weighted by atomic mass is 9.48. The minimum absolute atomic E-state index is 0.0592. The molecule has 2 aromatic carbocycles. The molecule has 2 heterocycles. The molecule has 1 saturated heterocycles. The average molecular weight is 555 g/mol. The van der Waals surface area contributed by atoms with Crippen LogP contribution in [0.1, 0.15) is 42.4 Å². The molecular weight excluding hydrogens is 529 g/mol. The molecule has 4 atom stereocenters. The van der Waals surface area contributed by atoms with Crippen LogP contribution in [0.15, 0.2) is 42.0 Å². The molecule has 3 fully saturated rings. The molecule has 2 aliphatic heterocycles. The number of aliphatic hydroxyl groups is 1. The van der Waals surface area contributed by atoms with E-state index in [4.69, 9.17) is 4.74 Å². The second kappa shape index (κ2) is 6.83. The molecule has 2 aromatic rings. The number of nitrogens with zero attached hydrogens (tertiary/aromatic N) is 1. The number of likely N-dealkylation sites (tertiary alicyclic amines) is 1. The van der Waals surface area contributed by atoms with Crippen molar-refractivity contribution in [3.05, 3.63) is 62.2 Å². The van der Waals surface area contributed by atoms with E-state index in [-0.39, 0.29) is 17.6 Å². The Balaban J connectivity index is 1.40. The Bertz CT molecular complexity index is 1220. The number of aromatic hydroxyl groups is 1. The highest BCUT2D eigenvalue weighted by Gasteiger charge is 2.74. The summed E-state index contributed by atoms with van der Waals surface area (Å²) in [7, 11) is 0. The fraction of sp³-hybridized carbons (Fsp3) is 0.444. The van der Waals surface area contributed by atoms with Crippen LogP contribution in [0, 0.1) is 9.49 Å². The fourth-order valence-electron chi connectivity index (χ4n) is 7.07. The summed E-state index contributed by atoms with van der Waals surface area (Å²) in [6.07, 6.45) is 5.37. The van der Waals surface area contributed by atoms with E-state index >= 15 is 0 Å². The number of carbonyl (C=O) groups is 1. The maximum atomic E-state index is 13.8. The first-order valence-corrected chi connectivity index (χ1v) is 13.0. The third kappa shape index (κ3) is 2.68. The van der Waals surface area contributed by atoms with E-state index in [1.165, 1.54) is 12.8 Å². The summed E-state index contributed by atoms with van der Waals surface area (Å²) >= 11 is 2.27. The molecule has 33 heavy (non-hydrogen) atoms. The van der Waals surface area contributed by atoms with Crippen LogP contribution in [0.3, 0.4) is 0 Å². The van der Waals surface area contributed by atoms with Crippen LogP contribution in [0.5, 0.6) is 11.5 Å². The summed E-state index contributed by atoms with van der Waals surface area (Å²) < 4.78 is 7.42. The lowest BCUT2D eigenvalue weighted by molar-refractivity contribution is -0.179. The van der Waals surface area contributed by atoms with Gasteiger partial charge in [-0.15, -0.1) is 0 Å². The summed E-state index contributed by atoms with van der Waals surface area (Å²) in [4.78, 5) is 16.3. The number of ether oxygens (including phenoxy) is 1. The number of hydrogen-bond acceptors (Lipinski definition) is 5. The predicted molar refractivity (Wildman–Crippen MR) is 132 cm³/mol. The first kappa shape index (κ1) is 20.5. The summed E-state index contributed by atoms with van der Waals surface area (Å²) in [5, 5.41) is 23.3. The number of rotatable bonds is 3. The largest absolute Gasteiger partial charge is 0.504 e. The number of hydrogen-bond donors (Lipinski definition) is 2. The number of piperidine rings is 1. The van der Waals surface area contributed by atoms with Crippen LogP contribution >= 0.6 is 22.6 Å². The van der Waals surface area contributed by atoms with Gasteiger partial charge in [-0.2, -0.15) is 0 Å². The highest BCUT2D eigenvalue weighted by Crippen LogP contribution is 2.65. The zero-order chi connectivity index (χ0) is 22.5. The quantitative estimate of drug-likeness (QED) is 0.446. The number of phenolic OH excluding ortho intramolecular Hbond substituents is 1. The van der Waals surface area contributed by atoms with Gasteiger partial charge in [0.1, 0.15) is 0 Å². The SMILES string of the molecule is O=C1/C(=C/c2ccc(I)cc2)C[C@@]2(O)[C@H]3Cc4ccc(O)c5c4[C@@]2(CCN3CC2CC2)[C@@H]1O5. The molecule has 0 aromatic heterocycles. The normalized spacial score (nSPS) is 35.5. The van der Waals surface area contributed by atoms with E-state index in [9.17, 15) is 15.0 Å². The fourth-order valence-corrected chi connectivity index (χ4v) is 7.43. The van der Waals surface area contributed by atoms with Crippen LogP contribution in [0.4, 0.5) is 0 Å². The Hall–Kier alpha value is -1.90. The minimum atomic E-state index is -1.11. The maximum absolute atomic E-state index is 13.8. The van der Waals surface area contributed by atoms with Crippen molar-refractivity contribution in [3.63, 3.8) is 0 Å². The molecule has 5 nitrogen and oxygen atoms in total. The van der Waals surface area contributed by atoms with Crippen LogP contribution < -0.4 is 4.74 Å². The molecule has 0 radical (unpaired) electrons. The lowest BCUT2D eigenvalue weighted by Gasteiger charge is -2.62. The molecule has 7 rings (SSSR count). The second-order valence-electron chi connectivity index (χ2n) is 10.5. The van der Waals surface area contributed by atoms with E-state index in [2.05, 4.69) is 27.5 Å². The van der Waals surface area contributed by atoms with Crippen LogP contribution in [0.25, 0.3) is 6.08 Å². The topological polar surface area (TPSA) is 70.0 Å². The van der Waals surface area contributed by atoms with Gasteiger partial charge >= 0.3 is 0 Å². The molecule has 2 bridgehead atoms. The number of ketones is 1. The number of carbonyl (C=O) groups excluding carboxylic acids is 1. The zero-order valence-electron chi connectivity index (χ0n) is 18.3. The third-order valence-corrected chi connectivity index (χ3v) is 9.46. The van der Waals surface area contributed by atoms with Crippen molar-refractivity contribution < 1.29 is 19.7 Å². The third-order valence-electron chi connectivity index (χ3n) is 8.74. The standard InChI is InChI=1S/C27H26INO4/c28-19-6-3-15(4-7-19)11-18-13-27(32)21-12-17-5-8-20(30)24-22(17)26(27,25(33-24)23(18)31)9-10-29(21)14-16-1-2-16/h3-8,11,16,21,25,30,32H,1-2,9-10,12-14H2/b18-11+/t21-,25-,26+,27-/m1/s1. The first-order valence-electron chi connectivity index (χ1n) is 11.9. The number of Topliss-reactive ketones (excluding diaryl/α,β-unsaturated/α-hetero) is 1. The Morgan fingerprint density at radius 3 is 2.73 bits per heavy atom. The van der Waals surface area contributed by atoms with Gasteiger partial charge in [0.15, 0.2) is 23.4 Å². The Morgan fingerprint density at radius 2 is 1.97 bits per heavy atom. The predicted octanol–water partition coefficient (Wildman–Crippen LogP) is 3.82. The smallest absolute Gasteiger partial charge is 0.200 e. The Labute approximate surface area is 206 Å². The van der Waals surface area contributed by atoms with Gasteiger partial charge in [-0.25, -0.2) is 0 Å². The van der Waals surface area contributed by atoms with Gasteiger partial charge in [0, 0.05) is 33.7 Å². The van der Waals surface area contributed by atoms with Crippen molar-refractivity contribution in [2.75, 3.05) is 13.1 Å². The van der Waals surface area contributed by atoms with Crippen molar-refractivity contribution in [1.82, 2.24) is 4.90 Å². The van der Waals surface area contributed by atoms with E-state index in [0.29, 0.717) is 30.6 Å². The van der Waals surface area contributed by atoms with Gasteiger partial charge < -0.3 is 14.9 Å². The van der Waals surface area contributed by atoms with Crippen molar-refractivity contribution in [3.8, 4) is 11.5 Å². The van der Waals surface area contributed by atoms with E-state index < -0.39 is 17.1 Å². The zero-order valence-corrected chi connectivity index (χ0v) is 20.4. The molecule has 170 valence electrons. The van der Waals surface area contributed by atoms with Gasteiger partial charge in [-0.05, 0) is 96.1 Å². The molecule has 2 saturated carbocycles. The van der Waals surface area contributed by atoms with Crippen molar-refractivity contribution in [2.45, 2.75) is 55.3 Å². The summed E-state index contributed by atoms with van der Waals surface area (Å²) in [5.74, 6) is 1.14. The van der Waals surface area contributed by atoms with Gasteiger partial charge in [0.05, 0.1) is 11.0 Å². The van der Waals surface area contributed by atoms with E-state index in [1.54, 1.807) is 6.07 Å². The Kier molecular flexibility index (Phi) is 4.24. The Morgan fingerprint density at radius 1 is 1.18 bits per heavy atom. The second-order valence-corrected chi connectivity index (χ2v) is 11.8. The molecule has 0 amide bonds. The summed E-state index contributed by atoms with van der Waals surface area (Å²) in [5.41, 5.74) is 1.67. The minimum Gasteiger partial charge on any atom is -0.504 e. The molecule has 0 unspecified atom stereocenters. The van der Waals surface area contributed by atoms with Crippen LogP contribution in [0.2, 0.25) is 0 Å². The lowest BCUT2D eigenvalue weighted by Crippen LogP contribution is -2.77. The van der Waals surface area contributed by atoms with E-state index in [1.807, 2.05) is 36.4 Å². The van der Waals surface area contributed by atoms with Crippen molar-refractivity contribution in [2.24, 2.45) is 5.92 Å². The highest BCUT2D eigenvalue weighted by atomic mass is 127. The number of phenols is 1. The highest BCUT2D eigenvalue weighted by molar-refractivity contribution is 14.1. The van der Waals surface area contributed by atoms with Gasteiger partial charge in [0.25, 0.3) is 0 Å². The maximum Gasteiger partial charge on any atom is 0.200 e. The first-order chi connectivity index (χ1) is 15.9. The molecule has 5 aliphatic rings. The van der Waals surface area contributed by atoms with Gasteiger partial charge in [0.2, 0.25) is 0 Å².